The lowest BCUT2D eigenvalue weighted by Crippen LogP contribution is -2.31. The van der Waals surface area contributed by atoms with Gasteiger partial charge in [0.1, 0.15) is 0 Å². The maximum atomic E-state index is 5.12. The van der Waals surface area contributed by atoms with E-state index in [2.05, 4.69) is 60.2 Å². The summed E-state index contributed by atoms with van der Waals surface area (Å²) in [6.45, 7) is 4.45. The molecule has 2 heterocycles. The van der Waals surface area contributed by atoms with Gasteiger partial charge in [0, 0.05) is 23.5 Å². The van der Waals surface area contributed by atoms with E-state index in [0.717, 1.165) is 35.2 Å². The molecular weight excluding hydrogens is 282 g/mol. The average molecular weight is 301 g/mol. The van der Waals surface area contributed by atoms with Crippen molar-refractivity contribution in [1.82, 2.24) is 9.97 Å². The van der Waals surface area contributed by atoms with Crippen molar-refractivity contribution >= 4 is 16.7 Å². The summed E-state index contributed by atoms with van der Waals surface area (Å²) in [5.41, 5.74) is 6.59. The highest BCUT2D eigenvalue weighted by Gasteiger charge is 2.29. The molecule has 0 fully saturated rings. The van der Waals surface area contributed by atoms with Crippen LogP contribution in [-0.2, 0) is 6.42 Å². The summed E-state index contributed by atoms with van der Waals surface area (Å²) in [7, 11) is 0. The summed E-state index contributed by atoms with van der Waals surface area (Å²) in [5, 5.41) is 0. The van der Waals surface area contributed by atoms with Gasteiger partial charge in [0.15, 0.2) is 0 Å². The maximum absolute atomic E-state index is 5.12. The zero-order valence-electron chi connectivity index (χ0n) is 13.5. The fourth-order valence-electron chi connectivity index (χ4n) is 3.22. The third-order valence-corrected chi connectivity index (χ3v) is 4.73. The van der Waals surface area contributed by atoms with E-state index >= 15 is 0 Å². The van der Waals surface area contributed by atoms with Gasteiger partial charge in [-0.2, -0.15) is 0 Å². The van der Waals surface area contributed by atoms with Crippen LogP contribution in [0.1, 0.15) is 37.0 Å². The fraction of sp³-hybridized carbons (Fsp3) is 0.250. The van der Waals surface area contributed by atoms with Crippen molar-refractivity contribution in [3.05, 3.63) is 71.5 Å². The van der Waals surface area contributed by atoms with Gasteiger partial charge in [-0.3, -0.25) is 15.0 Å². The van der Waals surface area contributed by atoms with Crippen LogP contribution in [0.25, 0.3) is 11.0 Å². The van der Waals surface area contributed by atoms with E-state index in [1.54, 1.807) is 12.4 Å². The Hall–Kier alpha value is -2.55. The lowest BCUT2D eigenvalue weighted by molar-refractivity contribution is 0.448. The van der Waals surface area contributed by atoms with Crippen LogP contribution in [0.4, 0.5) is 0 Å². The molecule has 0 spiro atoms. The highest BCUT2D eigenvalue weighted by Crippen LogP contribution is 2.32. The van der Waals surface area contributed by atoms with Crippen LogP contribution in [0.2, 0.25) is 0 Å². The summed E-state index contributed by atoms with van der Waals surface area (Å²) in [5.74, 6) is 0. The largest absolute Gasteiger partial charge is 0.277 e. The van der Waals surface area contributed by atoms with Crippen LogP contribution in [0.5, 0.6) is 0 Å². The standard InChI is InChI=1S/C20H19N3/c1-3-20(2)13-15-6-4-5-7-16(15)19(23-20)14-8-9-17-18(12-14)22-11-10-21-17/h4-12H,3,13H2,1-2H3. The van der Waals surface area contributed by atoms with Crippen LogP contribution in [-0.4, -0.2) is 21.2 Å². The van der Waals surface area contributed by atoms with Gasteiger partial charge in [0.05, 0.1) is 22.3 Å². The predicted molar refractivity (Wildman–Crippen MR) is 94.0 cm³/mol. The molecule has 1 aliphatic rings. The van der Waals surface area contributed by atoms with Crippen molar-refractivity contribution in [3.63, 3.8) is 0 Å². The van der Waals surface area contributed by atoms with E-state index < -0.39 is 0 Å². The van der Waals surface area contributed by atoms with E-state index in [9.17, 15) is 0 Å². The number of rotatable bonds is 2. The summed E-state index contributed by atoms with van der Waals surface area (Å²) >= 11 is 0. The molecule has 1 unspecified atom stereocenters. The molecule has 3 aromatic rings. The predicted octanol–water partition coefficient (Wildman–Crippen LogP) is 4.19. The van der Waals surface area contributed by atoms with E-state index in [-0.39, 0.29) is 5.54 Å². The lowest BCUT2D eigenvalue weighted by atomic mass is 9.82. The molecule has 0 aliphatic carbocycles. The highest BCUT2D eigenvalue weighted by atomic mass is 14.9. The molecule has 4 rings (SSSR count). The van der Waals surface area contributed by atoms with Crippen molar-refractivity contribution in [2.24, 2.45) is 4.99 Å². The maximum Gasteiger partial charge on any atom is 0.0893 e. The topological polar surface area (TPSA) is 38.1 Å². The third kappa shape index (κ3) is 2.42. The molecule has 0 N–H and O–H groups in total. The molecule has 0 amide bonds. The van der Waals surface area contributed by atoms with E-state index in [0.29, 0.717) is 0 Å². The average Bonchev–Trinajstić information content (AvgIpc) is 2.60. The number of aliphatic imine (C=N–C) groups is 1. The van der Waals surface area contributed by atoms with Crippen molar-refractivity contribution < 1.29 is 0 Å². The molecule has 3 heteroatoms. The van der Waals surface area contributed by atoms with Gasteiger partial charge in [-0.05, 0) is 37.5 Å². The molecule has 0 bridgehead atoms. The zero-order valence-corrected chi connectivity index (χ0v) is 13.5. The first-order valence-corrected chi connectivity index (χ1v) is 8.08. The Morgan fingerprint density at radius 2 is 1.78 bits per heavy atom. The van der Waals surface area contributed by atoms with E-state index in [1.807, 2.05) is 6.07 Å². The van der Waals surface area contributed by atoms with Crippen LogP contribution < -0.4 is 0 Å². The van der Waals surface area contributed by atoms with Crippen LogP contribution in [0.3, 0.4) is 0 Å². The van der Waals surface area contributed by atoms with Gasteiger partial charge in [-0.15, -0.1) is 0 Å². The molecule has 23 heavy (non-hydrogen) atoms. The number of fused-ring (bicyclic) bond motifs is 2. The Kier molecular flexibility index (Phi) is 3.22. The second-order valence-electron chi connectivity index (χ2n) is 6.40. The summed E-state index contributed by atoms with van der Waals surface area (Å²) in [6.07, 6.45) is 5.48. The Balaban J connectivity index is 1.93. The van der Waals surface area contributed by atoms with Gasteiger partial charge in [-0.25, -0.2) is 0 Å². The minimum atomic E-state index is -0.0407. The van der Waals surface area contributed by atoms with Crippen molar-refractivity contribution in [2.75, 3.05) is 0 Å². The monoisotopic (exact) mass is 301 g/mol. The molecule has 3 nitrogen and oxygen atoms in total. The number of benzene rings is 2. The van der Waals surface area contributed by atoms with Crippen molar-refractivity contribution in [1.29, 1.82) is 0 Å². The molecule has 0 radical (unpaired) electrons. The number of hydrogen-bond acceptors (Lipinski definition) is 3. The summed E-state index contributed by atoms with van der Waals surface area (Å²) < 4.78 is 0. The highest BCUT2D eigenvalue weighted by molar-refractivity contribution is 6.15. The fourth-order valence-corrected chi connectivity index (χ4v) is 3.22. The van der Waals surface area contributed by atoms with Crippen molar-refractivity contribution in [2.45, 2.75) is 32.2 Å². The van der Waals surface area contributed by atoms with Gasteiger partial charge < -0.3 is 0 Å². The second-order valence-corrected chi connectivity index (χ2v) is 6.40. The minimum absolute atomic E-state index is 0.0407. The Labute approximate surface area is 136 Å². The number of hydrogen-bond donors (Lipinski definition) is 0. The summed E-state index contributed by atoms with van der Waals surface area (Å²) in [6, 6.07) is 14.8. The normalized spacial score (nSPS) is 20.2. The van der Waals surface area contributed by atoms with E-state index in [1.165, 1.54) is 11.1 Å². The Morgan fingerprint density at radius 3 is 2.61 bits per heavy atom. The van der Waals surface area contributed by atoms with Crippen molar-refractivity contribution in [3.8, 4) is 0 Å². The Morgan fingerprint density at radius 1 is 1.00 bits per heavy atom. The van der Waals surface area contributed by atoms with Gasteiger partial charge >= 0.3 is 0 Å². The quantitative estimate of drug-likeness (QED) is 0.711. The van der Waals surface area contributed by atoms with Gasteiger partial charge in [0.2, 0.25) is 0 Å². The second kappa shape index (κ2) is 5.27. The smallest absolute Gasteiger partial charge is 0.0893 e. The minimum Gasteiger partial charge on any atom is -0.277 e. The number of nitrogens with zero attached hydrogens (tertiary/aromatic N) is 3. The molecule has 1 atom stereocenters. The first-order valence-electron chi connectivity index (χ1n) is 8.08. The molecule has 1 aliphatic heterocycles. The van der Waals surface area contributed by atoms with Crippen LogP contribution in [0, 0.1) is 0 Å². The summed E-state index contributed by atoms with van der Waals surface area (Å²) in [4.78, 5) is 13.9. The Bertz CT molecular complexity index is 913. The van der Waals surface area contributed by atoms with Gasteiger partial charge in [0.25, 0.3) is 0 Å². The van der Waals surface area contributed by atoms with Gasteiger partial charge in [-0.1, -0.05) is 37.3 Å². The SMILES string of the molecule is CCC1(C)Cc2ccccc2C(c2ccc3nccnc3c2)=N1. The number of aromatic nitrogens is 2. The lowest BCUT2D eigenvalue weighted by Gasteiger charge is -2.31. The molecule has 0 saturated carbocycles. The van der Waals surface area contributed by atoms with Crippen LogP contribution in [0.15, 0.2) is 59.9 Å². The molecule has 114 valence electrons. The first kappa shape index (κ1) is 14.1. The first-order chi connectivity index (χ1) is 11.2. The molecule has 1 aromatic heterocycles. The molecule has 2 aromatic carbocycles. The molecular formula is C20H19N3. The molecule has 0 saturated heterocycles. The zero-order chi connectivity index (χ0) is 15.9. The van der Waals surface area contributed by atoms with E-state index in [4.69, 9.17) is 4.99 Å². The van der Waals surface area contributed by atoms with Crippen LogP contribution >= 0.6 is 0 Å². The third-order valence-electron chi connectivity index (χ3n) is 4.73.